The molecule has 18 heavy (non-hydrogen) atoms. The van der Waals surface area contributed by atoms with Gasteiger partial charge >= 0.3 is 0 Å². The molecular weight excluding hydrogens is 271 g/mol. The molecule has 0 aliphatic rings. The maximum Gasteiger partial charge on any atom is 0.159 e. The van der Waals surface area contributed by atoms with Crippen LogP contribution in [0.4, 0.5) is 15.8 Å². The molecule has 0 spiro atoms. The Labute approximate surface area is 114 Å². The Bertz CT molecular complexity index is 585. The number of anilines is 2. The van der Waals surface area contributed by atoms with Crippen molar-refractivity contribution >= 4 is 34.7 Å². The highest BCUT2D eigenvalue weighted by Gasteiger charge is 2.15. The zero-order valence-electron chi connectivity index (χ0n) is 9.71. The maximum absolute atomic E-state index is 14.0. The van der Waals surface area contributed by atoms with Crippen LogP contribution in [0.5, 0.6) is 0 Å². The predicted octanol–water partition coefficient (Wildman–Crippen LogP) is 4.10. The molecule has 94 valence electrons. The molecule has 0 aromatic heterocycles. The summed E-state index contributed by atoms with van der Waals surface area (Å²) in [6.07, 6.45) is 0. The molecule has 0 unspecified atom stereocenters. The van der Waals surface area contributed by atoms with E-state index in [2.05, 4.69) is 0 Å². The van der Waals surface area contributed by atoms with Gasteiger partial charge in [0.2, 0.25) is 0 Å². The van der Waals surface area contributed by atoms with Crippen LogP contribution in [0.1, 0.15) is 5.56 Å². The van der Waals surface area contributed by atoms with Gasteiger partial charge in [-0.2, -0.15) is 0 Å². The minimum Gasteiger partial charge on any atom is -0.398 e. The summed E-state index contributed by atoms with van der Waals surface area (Å²) in [5.41, 5.74) is 12.9. The molecule has 5 heteroatoms. The highest BCUT2D eigenvalue weighted by atomic mass is 35.5. The molecule has 2 aromatic carbocycles. The first-order chi connectivity index (χ1) is 8.49. The first kappa shape index (κ1) is 13.1. The fourth-order valence-corrected chi connectivity index (χ4v) is 2.56. The average molecular weight is 283 g/mol. The first-order valence-corrected chi connectivity index (χ1v) is 6.46. The molecule has 0 heterocycles. The Morgan fingerprint density at radius 3 is 2.33 bits per heavy atom. The zero-order valence-corrected chi connectivity index (χ0v) is 11.3. The molecule has 0 saturated heterocycles. The van der Waals surface area contributed by atoms with Crippen molar-refractivity contribution < 1.29 is 4.39 Å². The van der Waals surface area contributed by atoms with Crippen LogP contribution in [-0.4, -0.2) is 0 Å². The maximum atomic E-state index is 14.0. The molecule has 0 aliphatic carbocycles. The minimum atomic E-state index is -0.570. The van der Waals surface area contributed by atoms with Crippen LogP contribution in [0.2, 0.25) is 5.02 Å². The number of rotatable bonds is 2. The van der Waals surface area contributed by atoms with E-state index in [9.17, 15) is 4.39 Å². The Morgan fingerprint density at radius 2 is 1.72 bits per heavy atom. The Balaban J connectivity index is 2.40. The summed E-state index contributed by atoms with van der Waals surface area (Å²) in [7, 11) is 0. The van der Waals surface area contributed by atoms with Gasteiger partial charge in [-0.05, 0) is 25.1 Å². The van der Waals surface area contributed by atoms with Gasteiger partial charge in [-0.3, -0.25) is 0 Å². The monoisotopic (exact) mass is 282 g/mol. The van der Waals surface area contributed by atoms with Crippen molar-refractivity contribution in [2.45, 2.75) is 16.7 Å². The van der Waals surface area contributed by atoms with Gasteiger partial charge in [-0.1, -0.05) is 41.1 Å². The number of hydrogen-bond acceptors (Lipinski definition) is 3. The zero-order chi connectivity index (χ0) is 13.3. The molecule has 0 aliphatic heterocycles. The summed E-state index contributed by atoms with van der Waals surface area (Å²) in [6, 6.07) is 9.19. The van der Waals surface area contributed by atoms with Crippen molar-refractivity contribution in [2.75, 3.05) is 11.5 Å². The minimum absolute atomic E-state index is 0.0844. The summed E-state index contributed by atoms with van der Waals surface area (Å²) in [5, 5.41) is -0.0844. The summed E-state index contributed by atoms with van der Waals surface area (Å²) in [6.45, 7) is 1.99. The third kappa shape index (κ3) is 2.54. The van der Waals surface area contributed by atoms with Gasteiger partial charge in [0, 0.05) is 4.90 Å². The second-order valence-electron chi connectivity index (χ2n) is 3.93. The van der Waals surface area contributed by atoms with Crippen molar-refractivity contribution in [3.63, 3.8) is 0 Å². The van der Waals surface area contributed by atoms with E-state index in [1.807, 2.05) is 31.2 Å². The molecule has 4 N–H and O–H groups in total. The molecule has 0 atom stereocenters. The lowest BCUT2D eigenvalue weighted by atomic mass is 10.2. The Hall–Kier alpha value is -1.39. The van der Waals surface area contributed by atoms with Crippen molar-refractivity contribution in [2.24, 2.45) is 0 Å². The summed E-state index contributed by atoms with van der Waals surface area (Å²) >= 11 is 7.01. The molecular formula is C13H12ClFN2S. The van der Waals surface area contributed by atoms with Gasteiger partial charge < -0.3 is 11.5 Å². The number of nitrogens with two attached hydrogens (primary N) is 2. The van der Waals surface area contributed by atoms with E-state index >= 15 is 0 Å². The SMILES string of the molecule is Cc1ccc(Sc2c(N)cc(N)c(Cl)c2F)cc1. The van der Waals surface area contributed by atoms with E-state index in [0.717, 1.165) is 10.5 Å². The summed E-state index contributed by atoms with van der Waals surface area (Å²) in [5.74, 6) is -0.570. The molecule has 0 saturated carbocycles. The largest absolute Gasteiger partial charge is 0.398 e. The van der Waals surface area contributed by atoms with E-state index in [-0.39, 0.29) is 10.7 Å². The lowest BCUT2D eigenvalue weighted by Crippen LogP contribution is -1.98. The van der Waals surface area contributed by atoms with Crippen LogP contribution in [0, 0.1) is 12.7 Å². The smallest absolute Gasteiger partial charge is 0.159 e. The second-order valence-corrected chi connectivity index (χ2v) is 5.39. The average Bonchev–Trinajstić information content (AvgIpc) is 2.34. The lowest BCUT2D eigenvalue weighted by Gasteiger charge is -2.10. The quantitative estimate of drug-likeness (QED) is 0.815. The van der Waals surface area contributed by atoms with Crippen molar-refractivity contribution in [1.82, 2.24) is 0 Å². The molecule has 0 radical (unpaired) electrons. The third-order valence-electron chi connectivity index (χ3n) is 2.46. The number of hydrogen-bond donors (Lipinski definition) is 2. The number of benzene rings is 2. The van der Waals surface area contributed by atoms with Crippen molar-refractivity contribution in [1.29, 1.82) is 0 Å². The van der Waals surface area contributed by atoms with Crippen LogP contribution in [0.25, 0.3) is 0 Å². The molecule has 0 amide bonds. The number of aryl methyl sites for hydroxylation is 1. The highest BCUT2D eigenvalue weighted by molar-refractivity contribution is 7.99. The number of halogens is 2. The van der Waals surface area contributed by atoms with E-state index in [4.69, 9.17) is 23.1 Å². The van der Waals surface area contributed by atoms with Gasteiger partial charge in [0.05, 0.1) is 16.3 Å². The Morgan fingerprint density at radius 1 is 1.11 bits per heavy atom. The number of nitrogen functional groups attached to an aromatic ring is 2. The van der Waals surface area contributed by atoms with Crippen molar-refractivity contribution in [3.05, 3.63) is 46.7 Å². The topological polar surface area (TPSA) is 52.0 Å². The van der Waals surface area contributed by atoms with Gasteiger partial charge in [0.1, 0.15) is 5.02 Å². The van der Waals surface area contributed by atoms with E-state index in [1.54, 1.807) is 0 Å². The van der Waals surface area contributed by atoms with Crippen LogP contribution in [-0.2, 0) is 0 Å². The molecule has 0 bridgehead atoms. The summed E-state index contributed by atoms with van der Waals surface area (Å²) < 4.78 is 14.0. The van der Waals surface area contributed by atoms with Crippen LogP contribution < -0.4 is 11.5 Å². The summed E-state index contributed by atoms with van der Waals surface area (Å²) in [4.78, 5) is 1.20. The third-order valence-corrected chi connectivity index (χ3v) is 3.97. The molecule has 2 aromatic rings. The van der Waals surface area contributed by atoms with Crippen LogP contribution >= 0.6 is 23.4 Å². The fourth-order valence-electron chi connectivity index (χ4n) is 1.48. The standard InChI is InChI=1S/C13H12ClFN2S/c1-7-2-4-8(5-3-7)18-13-10(17)6-9(16)11(14)12(13)15/h2-6H,16-17H2,1H3. The van der Waals surface area contributed by atoms with Gasteiger partial charge in [0.25, 0.3) is 0 Å². The van der Waals surface area contributed by atoms with Crippen LogP contribution in [0.15, 0.2) is 40.1 Å². The van der Waals surface area contributed by atoms with Gasteiger partial charge in [-0.15, -0.1) is 0 Å². The first-order valence-electron chi connectivity index (χ1n) is 5.26. The fraction of sp³-hybridized carbons (Fsp3) is 0.0769. The second kappa shape index (κ2) is 5.08. The normalized spacial score (nSPS) is 10.6. The van der Waals surface area contributed by atoms with E-state index in [0.29, 0.717) is 10.6 Å². The van der Waals surface area contributed by atoms with E-state index < -0.39 is 5.82 Å². The predicted molar refractivity (Wildman–Crippen MR) is 75.5 cm³/mol. The highest BCUT2D eigenvalue weighted by Crippen LogP contribution is 2.39. The Kier molecular flexibility index (Phi) is 3.68. The van der Waals surface area contributed by atoms with Gasteiger partial charge in [-0.25, -0.2) is 4.39 Å². The van der Waals surface area contributed by atoms with E-state index in [1.165, 1.54) is 17.8 Å². The van der Waals surface area contributed by atoms with Gasteiger partial charge in [0.15, 0.2) is 5.82 Å². The molecule has 2 nitrogen and oxygen atoms in total. The molecule has 2 rings (SSSR count). The van der Waals surface area contributed by atoms with Crippen molar-refractivity contribution in [3.8, 4) is 0 Å². The molecule has 0 fully saturated rings. The van der Waals surface area contributed by atoms with Crippen LogP contribution in [0.3, 0.4) is 0 Å². The lowest BCUT2D eigenvalue weighted by molar-refractivity contribution is 0.604.